The van der Waals surface area contributed by atoms with Gasteiger partial charge in [0, 0.05) is 12.8 Å². The van der Waals surface area contributed by atoms with Gasteiger partial charge in [0.15, 0.2) is 0 Å². The van der Waals surface area contributed by atoms with Crippen molar-refractivity contribution < 1.29 is 14.0 Å². The maximum atomic E-state index is 11.8. The Labute approximate surface area is 119 Å². The van der Waals surface area contributed by atoms with Crippen molar-refractivity contribution in [2.24, 2.45) is 0 Å². The first kappa shape index (κ1) is 18.4. The zero-order valence-corrected chi connectivity index (χ0v) is 13.7. The Hall–Kier alpha value is -0.570. The van der Waals surface area contributed by atoms with Crippen LogP contribution >= 0.6 is 0 Å². The number of quaternary nitrogens is 1. The largest absolute Gasteiger partial charge is 0.412 e. The van der Waals surface area contributed by atoms with E-state index in [-0.39, 0.29) is 12.2 Å². The number of hydrogen-bond acceptors (Lipinski definition) is 2. The number of esters is 1. The fourth-order valence-corrected chi connectivity index (χ4v) is 2.23. The van der Waals surface area contributed by atoms with Crippen molar-refractivity contribution in [1.82, 2.24) is 0 Å². The van der Waals surface area contributed by atoms with E-state index in [4.69, 9.17) is 4.74 Å². The van der Waals surface area contributed by atoms with Crippen molar-refractivity contribution in [3.63, 3.8) is 0 Å². The Balaban J connectivity index is 3.64. The smallest absolute Gasteiger partial charge is 0.310 e. The fourth-order valence-electron chi connectivity index (χ4n) is 2.23. The van der Waals surface area contributed by atoms with Crippen LogP contribution in [0.4, 0.5) is 0 Å². The molecule has 0 aromatic rings. The number of carbonyl (C=O) groups is 1. The van der Waals surface area contributed by atoms with Gasteiger partial charge in [-0.05, 0) is 6.42 Å². The Morgan fingerprint density at radius 2 is 1.47 bits per heavy atom. The summed E-state index contributed by atoms with van der Waals surface area (Å²) < 4.78 is 6.22. The van der Waals surface area contributed by atoms with Crippen LogP contribution in [0.1, 0.15) is 71.6 Å². The Kier molecular flexibility index (Phi) is 9.94. The van der Waals surface area contributed by atoms with E-state index in [2.05, 4.69) is 35.0 Å². The number of hydrogen-bond donors (Lipinski definition) is 0. The van der Waals surface area contributed by atoms with E-state index in [0.29, 0.717) is 10.9 Å². The van der Waals surface area contributed by atoms with Crippen LogP contribution in [0, 0.1) is 0 Å². The number of nitrogens with zero attached hydrogens (tertiary/aromatic N) is 1. The molecule has 0 aliphatic carbocycles. The van der Waals surface area contributed by atoms with Crippen molar-refractivity contribution in [1.29, 1.82) is 0 Å². The van der Waals surface area contributed by atoms with Crippen LogP contribution in [-0.4, -0.2) is 37.8 Å². The quantitative estimate of drug-likeness (QED) is 0.245. The predicted molar refractivity (Wildman–Crippen MR) is 80.8 cm³/mol. The molecule has 0 aliphatic rings. The summed E-state index contributed by atoms with van der Waals surface area (Å²) in [5, 5.41) is 0. The summed E-state index contributed by atoms with van der Waals surface area (Å²) in [6.45, 7) is 4.29. The first-order valence-corrected chi connectivity index (χ1v) is 7.92. The molecule has 0 heterocycles. The van der Waals surface area contributed by atoms with Gasteiger partial charge in [0.25, 0.3) is 0 Å². The maximum absolute atomic E-state index is 11.8. The lowest BCUT2D eigenvalue weighted by atomic mass is 10.1. The lowest BCUT2D eigenvalue weighted by molar-refractivity contribution is -0.917. The highest BCUT2D eigenvalue weighted by molar-refractivity contribution is 5.69. The highest BCUT2D eigenvalue weighted by atomic mass is 16.6. The molecule has 0 bridgehead atoms. The third-order valence-corrected chi connectivity index (χ3v) is 3.47. The average molecular weight is 272 g/mol. The van der Waals surface area contributed by atoms with E-state index in [9.17, 15) is 4.79 Å². The third-order valence-electron chi connectivity index (χ3n) is 3.47. The Bertz CT molecular complexity index is 233. The zero-order chi connectivity index (χ0) is 14.7. The molecule has 0 aromatic heterocycles. The van der Waals surface area contributed by atoms with E-state index in [1.165, 1.54) is 32.1 Å². The van der Waals surface area contributed by atoms with Crippen LogP contribution in [-0.2, 0) is 9.53 Å². The van der Waals surface area contributed by atoms with Gasteiger partial charge in [-0.1, -0.05) is 52.4 Å². The minimum absolute atomic E-state index is 0.0166. The summed E-state index contributed by atoms with van der Waals surface area (Å²) in [6, 6.07) is 0. The van der Waals surface area contributed by atoms with Crippen LogP contribution in [0.25, 0.3) is 0 Å². The molecule has 0 aromatic carbocycles. The molecule has 0 radical (unpaired) electrons. The molecule has 1 atom stereocenters. The van der Waals surface area contributed by atoms with Gasteiger partial charge >= 0.3 is 5.97 Å². The van der Waals surface area contributed by atoms with Gasteiger partial charge in [-0.25, -0.2) is 0 Å². The topological polar surface area (TPSA) is 26.3 Å². The Morgan fingerprint density at radius 1 is 0.947 bits per heavy atom. The number of rotatable bonds is 11. The van der Waals surface area contributed by atoms with Crippen molar-refractivity contribution in [2.45, 2.75) is 77.9 Å². The summed E-state index contributed by atoms with van der Waals surface area (Å²) in [5.74, 6) is -0.0338. The van der Waals surface area contributed by atoms with Crippen LogP contribution in [0.5, 0.6) is 0 Å². The fraction of sp³-hybridized carbons (Fsp3) is 0.938. The summed E-state index contributed by atoms with van der Waals surface area (Å²) in [7, 11) is 6.19. The van der Waals surface area contributed by atoms with Gasteiger partial charge in [0.05, 0.1) is 21.1 Å². The molecule has 0 fully saturated rings. The molecule has 19 heavy (non-hydrogen) atoms. The highest BCUT2D eigenvalue weighted by Gasteiger charge is 2.25. The first-order valence-electron chi connectivity index (χ1n) is 7.92. The van der Waals surface area contributed by atoms with Gasteiger partial charge in [-0.15, -0.1) is 0 Å². The first-order chi connectivity index (χ1) is 8.91. The Morgan fingerprint density at radius 3 is 1.95 bits per heavy atom. The lowest BCUT2D eigenvalue weighted by Crippen LogP contribution is -2.47. The van der Waals surface area contributed by atoms with Gasteiger partial charge in [-0.2, -0.15) is 0 Å². The van der Waals surface area contributed by atoms with Crippen molar-refractivity contribution in [3.05, 3.63) is 0 Å². The second kappa shape index (κ2) is 10.2. The molecular weight excluding hydrogens is 238 g/mol. The summed E-state index contributed by atoms with van der Waals surface area (Å²) in [6.07, 6.45) is 10.1. The van der Waals surface area contributed by atoms with Gasteiger partial charge in [-0.3, -0.25) is 9.28 Å². The monoisotopic (exact) mass is 272 g/mol. The molecule has 3 nitrogen and oxygen atoms in total. The standard InChI is InChI=1S/C16H34NO2/c1-6-8-9-10-11-12-13-14-16(18)19-15(7-2)17(3,4)5/h15H,6-14H2,1-5H3/q+1. The lowest BCUT2D eigenvalue weighted by Gasteiger charge is -2.32. The number of ether oxygens (including phenoxy) is 1. The molecule has 1 unspecified atom stereocenters. The molecular formula is C16H34NO2+. The molecule has 0 aliphatic heterocycles. The van der Waals surface area contributed by atoms with Crippen molar-refractivity contribution in [2.75, 3.05) is 21.1 Å². The molecule has 0 saturated heterocycles. The van der Waals surface area contributed by atoms with Crippen LogP contribution in [0.15, 0.2) is 0 Å². The SMILES string of the molecule is CCCCCCCCCC(=O)OC(CC)[N+](C)(C)C. The molecule has 3 heteroatoms. The van der Waals surface area contributed by atoms with Gasteiger partial charge in [0.1, 0.15) is 0 Å². The third kappa shape index (κ3) is 9.94. The van der Waals surface area contributed by atoms with Crippen LogP contribution in [0.2, 0.25) is 0 Å². The minimum Gasteiger partial charge on any atom is -0.412 e. The van der Waals surface area contributed by atoms with Crippen LogP contribution in [0.3, 0.4) is 0 Å². The molecule has 0 saturated carbocycles. The van der Waals surface area contributed by atoms with E-state index >= 15 is 0 Å². The molecule has 114 valence electrons. The van der Waals surface area contributed by atoms with Crippen LogP contribution < -0.4 is 0 Å². The van der Waals surface area contributed by atoms with E-state index in [1.807, 2.05) is 0 Å². The number of unbranched alkanes of at least 4 members (excludes halogenated alkanes) is 6. The summed E-state index contributed by atoms with van der Waals surface area (Å²) >= 11 is 0. The second-order valence-electron chi connectivity index (χ2n) is 6.34. The van der Waals surface area contributed by atoms with Crippen molar-refractivity contribution >= 4 is 5.97 Å². The van der Waals surface area contributed by atoms with E-state index < -0.39 is 0 Å². The average Bonchev–Trinajstić information content (AvgIpc) is 2.33. The molecule has 0 N–H and O–H groups in total. The zero-order valence-electron chi connectivity index (χ0n) is 13.7. The molecule has 0 spiro atoms. The van der Waals surface area contributed by atoms with Gasteiger partial charge < -0.3 is 4.74 Å². The van der Waals surface area contributed by atoms with Crippen molar-refractivity contribution in [3.8, 4) is 0 Å². The summed E-state index contributed by atoms with van der Waals surface area (Å²) in [5.41, 5.74) is 0. The van der Waals surface area contributed by atoms with E-state index in [1.54, 1.807) is 0 Å². The van der Waals surface area contributed by atoms with Gasteiger partial charge in [0.2, 0.25) is 6.23 Å². The highest BCUT2D eigenvalue weighted by Crippen LogP contribution is 2.12. The summed E-state index contributed by atoms with van der Waals surface area (Å²) in [4.78, 5) is 11.8. The second-order valence-corrected chi connectivity index (χ2v) is 6.34. The minimum atomic E-state index is -0.0338. The maximum Gasteiger partial charge on any atom is 0.310 e. The predicted octanol–water partition coefficient (Wildman–Crippen LogP) is 4.11. The van der Waals surface area contributed by atoms with E-state index in [0.717, 1.165) is 19.3 Å². The molecule has 0 rings (SSSR count). The molecule has 0 amide bonds. The number of carbonyl (C=O) groups excluding carboxylic acids is 1. The normalized spacial score (nSPS) is 13.3.